The van der Waals surface area contributed by atoms with E-state index in [1.165, 1.54) is 40.7 Å². The molecule has 0 aliphatic carbocycles. The van der Waals surface area contributed by atoms with Crippen LogP contribution in [-0.2, 0) is 21.2 Å². The molecule has 2 aromatic rings. The summed E-state index contributed by atoms with van der Waals surface area (Å²) in [4.78, 5) is 22.9. The van der Waals surface area contributed by atoms with Crippen LogP contribution in [0.4, 0.5) is 11.4 Å². The highest BCUT2D eigenvalue weighted by Gasteiger charge is 2.25. The molecule has 148 valence electrons. The third-order valence-electron chi connectivity index (χ3n) is 4.63. The molecule has 2 aromatic carbocycles. The van der Waals surface area contributed by atoms with Crippen LogP contribution in [0.25, 0.3) is 0 Å². The summed E-state index contributed by atoms with van der Waals surface area (Å²) in [5.41, 5.74) is 0.635. The molecule has 1 heterocycles. The van der Waals surface area contributed by atoms with E-state index in [-0.39, 0.29) is 17.0 Å². The monoisotopic (exact) mass is 403 g/mol. The van der Waals surface area contributed by atoms with Crippen LogP contribution in [0.15, 0.2) is 53.4 Å². The number of hydrogen-bond acceptors (Lipinski definition) is 5. The molecule has 0 atom stereocenters. The molecule has 1 aliphatic heterocycles. The molecule has 1 saturated heterocycles. The van der Waals surface area contributed by atoms with Crippen molar-refractivity contribution < 1.29 is 18.1 Å². The highest BCUT2D eigenvalue weighted by molar-refractivity contribution is 7.89. The van der Waals surface area contributed by atoms with Crippen LogP contribution >= 0.6 is 0 Å². The summed E-state index contributed by atoms with van der Waals surface area (Å²) in [5.74, 6) is -0.416. The van der Waals surface area contributed by atoms with Crippen molar-refractivity contribution in [1.82, 2.24) is 4.31 Å². The maximum atomic E-state index is 12.6. The first-order chi connectivity index (χ1) is 13.4. The number of piperidine rings is 1. The summed E-state index contributed by atoms with van der Waals surface area (Å²) in [7, 11) is -3.53. The molecule has 1 N–H and O–H groups in total. The Morgan fingerprint density at radius 2 is 1.68 bits per heavy atom. The molecule has 0 spiro atoms. The van der Waals surface area contributed by atoms with Crippen molar-refractivity contribution >= 4 is 27.3 Å². The number of nitro benzene ring substituents is 1. The van der Waals surface area contributed by atoms with Crippen molar-refractivity contribution in [1.29, 1.82) is 0 Å². The standard InChI is InChI=1S/C19H21N3O5S/c23-19(14-15-6-2-3-7-18(15)22(24)25)20-16-8-10-17(11-9-16)28(26,27)21-12-4-1-5-13-21/h2-3,6-11H,1,4-5,12-14H2,(H,20,23). The van der Waals surface area contributed by atoms with E-state index in [9.17, 15) is 23.3 Å². The van der Waals surface area contributed by atoms with Crippen molar-refractivity contribution in [2.24, 2.45) is 0 Å². The first kappa shape index (κ1) is 20.0. The summed E-state index contributed by atoms with van der Waals surface area (Å²) in [5, 5.41) is 13.7. The van der Waals surface area contributed by atoms with Crippen LogP contribution in [0.5, 0.6) is 0 Å². The molecule has 0 unspecified atom stereocenters. The first-order valence-corrected chi connectivity index (χ1v) is 10.4. The number of carbonyl (C=O) groups is 1. The zero-order valence-electron chi connectivity index (χ0n) is 15.2. The van der Waals surface area contributed by atoms with Gasteiger partial charge in [-0.3, -0.25) is 14.9 Å². The number of anilines is 1. The van der Waals surface area contributed by atoms with Crippen LogP contribution in [-0.4, -0.2) is 36.6 Å². The number of amides is 1. The summed E-state index contributed by atoms with van der Waals surface area (Å²) < 4.78 is 26.8. The van der Waals surface area contributed by atoms with Crippen molar-refractivity contribution in [3.63, 3.8) is 0 Å². The third kappa shape index (κ3) is 4.55. The zero-order chi connectivity index (χ0) is 20.1. The Morgan fingerprint density at radius 3 is 2.32 bits per heavy atom. The van der Waals surface area contributed by atoms with E-state index in [0.29, 0.717) is 24.3 Å². The largest absolute Gasteiger partial charge is 0.326 e. The second-order valence-electron chi connectivity index (χ2n) is 6.60. The predicted molar refractivity (Wildman–Crippen MR) is 104 cm³/mol. The lowest BCUT2D eigenvalue weighted by Crippen LogP contribution is -2.35. The first-order valence-electron chi connectivity index (χ1n) is 9.00. The van der Waals surface area contributed by atoms with Gasteiger partial charge >= 0.3 is 0 Å². The number of sulfonamides is 1. The van der Waals surface area contributed by atoms with E-state index in [2.05, 4.69) is 5.32 Å². The fourth-order valence-electron chi connectivity index (χ4n) is 3.18. The number of hydrogen-bond donors (Lipinski definition) is 1. The molecular weight excluding hydrogens is 382 g/mol. The van der Waals surface area contributed by atoms with Gasteiger partial charge in [-0.25, -0.2) is 8.42 Å². The van der Waals surface area contributed by atoms with Gasteiger partial charge in [-0.05, 0) is 37.1 Å². The Balaban J connectivity index is 1.67. The summed E-state index contributed by atoms with van der Waals surface area (Å²) >= 11 is 0. The second-order valence-corrected chi connectivity index (χ2v) is 8.54. The molecule has 0 saturated carbocycles. The number of rotatable bonds is 6. The minimum absolute atomic E-state index is 0.111. The Labute approximate surface area is 163 Å². The minimum Gasteiger partial charge on any atom is -0.326 e. The maximum Gasteiger partial charge on any atom is 0.273 e. The molecule has 0 radical (unpaired) electrons. The molecule has 3 rings (SSSR count). The average Bonchev–Trinajstić information content (AvgIpc) is 2.69. The molecule has 9 heteroatoms. The number of benzene rings is 2. The fourth-order valence-corrected chi connectivity index (χ4v) is 4.70. The number of carbonyl (C=O) groups excluding carboxylic acids is 1. The highest BCUT2D eigenvalue weighted by Crippen LogP contribution is 2.23. The summed E-state index contributed by atoms with van der Waals surface area (Å²) in [6.07, 6.45) is 2.61. The van der Waals surface area contributed by atoms with E-state index in [4.69, 9.17) is 0 Å². The fraction of sp³-hybridized carbons (Fsp3) is 0.316. The van der Waals surface area contributed by atoms with Crippen molar-refractivity contribution in [2.75, 3.05) is 18.4 Å². The molecule has 1 amide bonds. The number of nitro groups is 1. The van der Waals surface area contributed by atoms with E-state index < -0.39 is 20.9 Å². The molecule has 0 bridgehead atoms. The highest BCUT2D eigenvalue weighted by atomic mass is 32.2. The molecule has 8 nitrogen and oxygen atoms in total. The quantitative estimate of drug-likeness (QED) is 0.589. The summed E-state index contributed by atoms with van der Waals surface area (Å²) in [6, 6.07) is 12.0. The lowest BCUT2D eigenvalue weighted by molar-refractivity contribution is -0.385. The number of nitrogens with zero attached hydrogens (tertiary/aromatic N) is 2. The lowest BCUT2D eigenvalue weighted by Gasteiger charge is -2.25. The van der Waals surface area contributed by atoms with Gasteiger partial charge in [0.2, 0.25) is 15.9 Å². The molecule has 28 heavy (non-hydrogen) atoms. The van der Waals surface area contributed by atoms with Crippen molar-refractivity contribution in [3.05, 3.63) is 64.2 Å². The van der Waals surface area contributed by atoms with E-state index in [0.717, 1.165) is 19.3 Å². The van der Waals surface area contributed by atoms with Crippen molar-refractivity contribution in [3.8, 4) is 0 Å². The number of para-hydroxylation sites is 1. The van der Waals surface area contributed by atoms with Gasteiger partial charge in [0.15, 0.2) is 0 Å². The van der Waals surface area contributed by atoms with Crippen molar-refractivity contribution in [2.45, 2.75) is 30.6 Å². The van der Waals surface area contributed by atoms with Gasteiger partial charge in [-0.15, -0.1) is 0 Å². The van der Waals surface area contributed by atoms with Gasteiger partial charge < -0.3 is 5.32 Å². The molecule has 1 aliphatic rings. The third-order valence-corrected chi connectivity index (χ3v) is 6.54. The average molecular weight is 403 g/mol. The van der Waals surface area contributed by atoms with E-state index in [1.807, 2.05) is 0 Å². The van der Waals surface area contributed by atoms with E-state index in [1.54, 1.807) is 12.1 Å². The van der Waals surface area contributed by atoms with Crippen LogP contribution in [0.3, 0.4) is 0 Å². The Kier molecular flexibility index (Phi) is 6.05. The van der Waals surface area contributed by atoms with Crippen LogP contribution in [0, 0.1) is 10.1 Å². The predicted octanol–water partition coefficient (Wildman–Crippen LogP) is 2.95. The Hall–Kier alpha value is -2.78. The van der Waals surface area contributed by atoms with Gasteiger partial charge in [-0.1, -0.05) is 24.6 Å². The van der Waals surface area contributed by atoms with Gasteiger partial charge in [0, 0.05) is 30.4 Å². The van der Waals surface area contributed by atoms with Gasteiger partial charge in [-0.2, -0.15) is 4.31 Å². The smallest absolute Gasteiger partial charge is 0.273 e. The zero-order valence-corrected chi connectivity index (χ0v) is 16.0. The maximum absolute atomic E-state index is 12.6. The molecular formula is C19H21N3O5S. The van der Waals surface area contributed by atoms with E-state index >= 15 is 0 Å². The molecule has 0 aromatic heterocycles. The number of nitrogens with one attached hydrogen (secondary N) is 1. The Bertz CT molecular complexity index is 967. The minimum atomic E-state index is -3.53. The topological polar surface area (TPSA) is 110 Å². The van der Waals surface area contributed by atoms with Crippen LogP contribution in [0.2, 0.25) is 0 Å². The van der Waals surface area contributed by atoms with Crippen LogP contribution < -0.4 is 5.32 Å². The summed E-state index contributed by atoms with van der Waals surface area (Å²) in [6.45, 7) is 1.05. The van der Waals surface area contributed by atoms with Gasteiger partial charge in [0.25, 0.3) is 5.69 Å². The van der Waals surface area contributed by atoms with Gasteiger partial charge in [0.1, 0.15) is 0 Å². The SMILES string of the molecule is O=C(Cc1ccccc1[N+](=O)[O-])Nc1ccc(S(=O)(=O)N2CCCCC2)cc1. The lowest BCUT2D eigenvalue weighted by atomic mass is 10.1. The normalized spacial score (nSPS) is 15.1. The second kappa shape index (κ2) is 8.49. The van der Waals surface area contributed by atoms with Gasteiger partial charge in [0.05, 0.1) is 16.2 Å². The molecule has 1 fully saturated rings. The van der Waals surface area contributed by atoms with Crippen LogP contribution in [0.1, 0.15) is 24.8 Å². The Morgan fingerprint density at radius 1 is 1.04 bits per heavy atom.